The zero-order chi connectivity index (χ0) is 11.3. The minimum absolute atomic E-state index is 0.124. The van der Waals surface area contributed by atoms with Crippen LogP contribution in [0.25, 0.3) is 0 Å². The smallest absolute Gasteiger partial charge is 0.326 e. The fourth-order valence-corrected chi connectivity index (χ4v) is 1.92. The lowest BCUT2D eigenvalue weighted by molar-refractivity contribution is -0.149. The van der Waals surface area contributed by atoms with Crippen LogP contribution < -0.4 is 5.73 Å². The SMILES string of the molecule is CCCOC1CCC(N)(C(=O)OCC)C1. The second kappa shape index (κ2) is 5.47. The van der Waals surface area contributed by atoms with E-state index in [1.54, 1.807) is 6.92 Å². The van der Waals surface area contributed by atoms with E-state index in [4.69, 9.17) is 15.2 Å². The Balaban J connectivity index is 2.41. The minimum Gasteiger partial charge on any atom is -0.465 e. The maximum Gasteiger partial charge on any atom is 0.326 e. The van der Waals surface area contributed by atoms with Gasteiger partial charge in [0.15, 0.2) is 0 Å². The number of esters is 1. The molecule has 1 aliphatic carbocycles. The largest absolute Gasteiger partial charge is 0.465 e. The van der Waals surface area contributed by atoms with Crippen LogP contribution in [-0.2, 0) is 14.3 Å². The summed E-state index contributed by atoms with van der Waals surface area (Å²) in [6.45, 7) is 4.99. The van der Waals surface area contributed by atoms with Crippen LogP contribution in [0.2, 0.25) is 0 Å². The average molecular weight is 215 g/mol. The number of carbonyl (C=O) groups is 1. The molecule has 0 aromatic rings. The Morgan fingerprint density at radius 2 is 2.27 bits per heavy atom. The lowest BCUT2D eigenvalue weighted by Gasteiger charge is -2.21. The molecule has 2 unspecified atom stereocenters. The highest BCUT2D eigenvalue weighted by Crippen LogP contribution is 2.31. The summed E-state index contributed by atoms with van der Waals surface area (Å²) in [5, 5.41) is 0. The van der Waals surface area contributed by atoms with Gasteiger partial charge in [0.2, 0.25) is 0 Å². The Hall–Kier alpha value is -0.610. The van der Waals surface area contributed by atoms with Gasteiger partial charge in [-0.1, -0.05) is 6.92 Å². The molecule has 0 heterocycles. The van der Waals surface area contributed by atoms with Gasteiger partial charge in [0.25, 0.3) is 0 Å². The maximum absolute atomic E-state index is 11.6. The lowest BCUT2D eigenvalue weighted by atomic mass is 9.99. The maximum atomic E-state index is 11.6. The van der Waals surface area contributed by atoms with E-state index in [-0.39, 0.29) is 12.1 Å². The first-order valence-electron chi connectivity index (χ1n) is 5.70. The van der Waals surface area contributed by atoms with Crippen molar-refractivity contribution in [2.75, 3.05) is 13.2 Å². The van der Waals surface area contributed by atoms with Crippen molar-refractivity contribution in [3.8, 4) is 0 Å². The second-order valence-electron chi connectivity index (χ2n) is 4.11. The molecule has 4 heteroatoms. The van der Waals surface area contributed by atoms with Crippen molar-refractivity contribution >= 4 is 5.97 Å². The molecule has 1 aliphatic rings. The first-order valence-corrected chi connectivity index (χ1v) is 5.70. The van der Waals surface area contributed by atoms with Gasteiger partial charge in [0.1, 0.15) is 5.54 Å². The first kappa shape index (κ1) is 12.5. The summed E-state index contributed by atoms with van der Waals surface area (Å²) in [7, 11) is 0. The fraction of sp³-hybridized carbons (Fsp3) is 0.909. The molecule has 15 heavy (non-hydrogen) atoms. The van der Waals surface area contributed by atoms with Crippen LogP contribution in [0.1, 0.15) is 39.5 Å². The van der Waals surface area contributed by atoms with Crippen LogP contribution in [0.3, 0.4) is 0 Å². The Kier molecular flexibility index (Phi) is 4.54. The normalized spacial score (nSPS) is 30.5. The highest BCUT2D eigenvalue weighted by Gasteiger charge is 2.43. The molecule has 0 aromatic carbocycles. The van der Waals surface area contributed by atoms with Crippen molar-refractivity contribution in [3.05, 3.63) is 0 Å². The number of ether oxygens (including phenoxy) is 2. The van der Waals surface area contributed by atoms with Gasteiger partial charge in [-0.2, -0.15) is 0 Å². The molecule has 0 radical (unpaired) electrons. The molecule has 0 aromatic heterocycles. The molecule has 0 bridgehead atoms. The molecule has 0 amide bonds. The van der Waals surface area contributed by atoms with E-state index in [1.165, 1.54) is 0 Å². The predicted octanol–water partition coefficient (Wildman–Crippen LogP) is 1.23. The zero-order valence-electron chi connectivity index (χ0n) is 9.62. The molecule has 1 saturated carbocycles. The number of hydrogen-bond acceptors (Lipinski definition) is 4. The van der Waals surface area contributed by atoms with Crippen molar-refractivity contribution < 1.29 is 14.3 Å². The van der Waals surface area contributed by atoms with Gasteiger partial charge in [-0.25, -0.2) is 0 Å². The van der Waals surface area contributed by atoms with E-state index >= 15 is 0 Å². The van der Waals surface area contributed by atoms with Crippen LogP contribution in [0, 0.1) is 0 Å². The molecule has 0 saturated heterocycles. The van der Waals surface area contributed by atoms with E-state index in [1.807, 2.05) is 0 Å². The zero-order valence-corrected chi connectivity index (χ0v) is 9.62. The molecule has 2 atom stereocenters. The predicted molar refractivity (Wildman–Crippen MR) is 57.4 cm³/mol. The van der Waals surface area contributed by atoms with Gasteiger partial charge in [-0.3, -0.25) is 4.79 Å². The highest BCUT2D eigenvalue weighted by atomic mass is 16.5. The first-order chi connectivity index (χ1) is 7.12. The van der Waals surface area contributed by atoms with E-state index in [9.17, 15) is 4.79 Å². The van der Waals surface area contributed by atoms with Crippen LogP contribution in [0.4, 0.5) is 0 Å². The summed E-state index contributed by atoms with van der Waals surface area (Å²) in [6.07, 6.45) is 3.23. The quantitative estimate of drug-likeness (QED) is 0.701. The van der Waals surface area contributed by atoms with Gasteiger partial charge in [0, 0.05) is 13.0 Å². The molecule has 0 spiro atoms. The van der Waals surface area contributed by atoms with Crippen molar-refractivity contribution in [1.29, 1.82) is 0 Å². The van der Waals surface area contributed by atoms with Gasteiger partial charge in [0.05, 0.1) is 12.7 Å². The summed E-state index contributed by atoms with van der Waals surface area (Å²) < 4.78 is 10.6. The summed E-state index contributed by atoms with van der Waals surface area (Å²) in [6, 6.07) is 0. The molecule has 4 nitrogen and oxygen atoms in total. The summed E-state index contributed by atoms with van der Waals surface area (Å²) in [5.74, 6) is -0.285. The topological polar surface area (TPSA) is 61.5 Å². The fourth-order valence-electron chi connectivity index (χ4n) is 1.92. The monoisotopic (exact) mass is 215 g/mol. The van der Waals surface area contributed by atoms with Crippen molar-refractivity contribution in [2.24, 2.45) is 5.73 Å². The summed E-state index contributed by atoms with van der Waals surface area (Å²) in [4.78, 5) is 11.6. The van der Waals surface area contributed by atoms with Crippen LogP contribution in [0.15, 0.2) is 0 Å². The van der Waals surface area contributed by atoms with Gasteiger partial charge in [-0.05, 0) is 26.2 Å². The third-order valence-corrected chi connectivity index (χ3v) is 2.74. The molecule has 1 rings (SSSR count). The van der Waals surface area contributed by atoms with Crippen molar-refractivity contribution in [2.45, 2.75) is 51.2 Å². The Morgan fingerprint density at radius 3 is 2.87 bits per heavy atom. The van der Waals surface area contributed by atoms with Crippen LogP contribution >= 0.6 is 0 Å². The van der Waals surface area contributed by atoms with Gasteiger partial charge in [-0.15, -0.1) is 0 Å². The summed E-state index contributed by atoms with van der Waals surface area (Å²) in [5.41, 5.74) is 5.19. The Morgan fingerprint density at radius 1 is 1.53 bits per heavy atom. The van der Waals surface area contributed by atoms with E-state index < -0.39 is 5.54 Å². The van der Waals surface area contributed by atoms with Crippen LogP contribution in [-0.4, -0.2) is 30.8 Å². The highest BCUT2D eigenvalue weighted by molar-refractivity contribution is 5.81. The third kappa shape index (κ3) is 3.18. The average Bonchev–Trinajstić information content (AvgIpc) is 2.59. The number of carbonyl (C=O) groups excluding carboxylic acids is 1. The number of rotatable bonds is 5. The van der Waals surface area contributed by atoms with Crippen molar-refractivity contribution in [1.82, 2.24) is 0 Å². The molecular weight excluding hydrogens is 194 g/mol. The Bertz CT molecular complexity index is 220. The number of nitrogens with two attached hydrogens (primary N) is 1. The molecule has 2 N–H and O–H groups in total. The second-order valence-corrected chi connectivity index (χ2v) is 4.11. The van der Waals surface area contributed by atoms with E-state index in [2.05, 4.69) is 6.92 Å². The van der Waals surface area contributed by atoms with Gasteiger partial charge < -0.3 is 15.2 Å². The van der Waals surface area contributed by atoms with Gasteiger partial charge >= 0.3 is 5.97 Å². The third-order valence-electron chi connectivity index (χ3n) is 2.74. The molecule has 0 aliphatic heterocycles. The van der Waals surface area contributed by atoms with E-state index in [0.717, 1.165) is 19.4 Å². The molecule has 1 fully saturated rings. The summed E-state index contributed by atoms with van der Waals surface area (Å²) >= 11 is 0. The van der Waals surface area contributed by atoms with Crippen LogP contribution in [0.5, 0.6) is 0 Å². The minimum atomic E-state index is -0.811. The number of hydrogen-bond donors (Lipinski definition) is 1. The van der Waals surface area contributed by atoms with Crippen molar-refractivity contribution in [3.63, 3.8) is 0 Å². The standard InChI is InChI=1S/C11H21NO3/c1-3-7-15-9-5-6-11(12,8-9)10(13)14-4-2/h9H,3-8,12H2,1-2H3. The lowest BCUT2D eigenvalue weighted by Crippen LogP contribution is -2.47. The molecule has 88 valence electrons. The molecular formula is C11H21NO3. The van der Waals surface area contributed by atoms with E-state index in [0.29, 0.717) is 19.4 Å². The Labute approximate surface area is 91.1 Å².